The Balaban J connectivity index is 2.06. The molecule has 0 aliphatic heterocycles. The zero-order valence-corrected chi connectivity index (χ0v) is 13.4. The Morgan fingerprint density at radius 2 is 1.48 bits per heavy atom. The standard InChI is InChI=1S/C17H17NO4S/c1-13(17(20)14-8-4-2-5-9-14)23(21,22)12-16(19)18-15-10-6-3-7-11-15/h2-11,13H,12H2,1H3,(H,18,19). The van der Waals surface area contributed by atoms with Gasteiger partial charge in [-0.3, -0.25) is 9.59 Å². The normalized spacial score (nSPS) is 12.4. The number of carbonyl (C=O) groups is 2. The van der Waals surface area contributed by atoms with E-state index in [-0.39, 0.29) is 0 Å². The number of hydrogen-bond acceptors (Lipinski definition) is 4. The maximum Gasteiger partial charge on any atom is 0.239 e. The summed E-state index contributed by atoms with van der Waals surface area (Å²) < 4.78 is 24.5. The highest BCUT2D eigenvalue weighted by Crippen LogP contribution is 2.12. The first-order valence-electron chi connectivity index (χ1n) is 7.06. The minimum Gasteiger partial charge on any atom is -0.325 e. The van der Waals surface area contributed by atoms with Crippen molar-refractivity contribution < 1.29 is 18.0 Å². The number of nitrogens with one attached hydrogen (secondary N) is 1. The molecule has 1 N–H and O–H groups in total. The quantitative estimate of drug-likeness (QED) is 0.824. The van der Waals surface area contributed by atoms with Crippen molar-refractivity contribution in [2.75, 3.05) is 11.1 Å². The molecule has 0 saturated carbocycles. The van der Waals surface area contributed by atoms with Crippen molar-refractivity contribution in [2.45, 2.75) is 12.2 Å². The summed E-state index contributed by atoms with van der Waals surface area (Å²) in [5, 5.41) is 1.23. The second-order valence-electron chi connectivity index (χ2n) is 5.09. The van der Waals surface area contributed by atoms with E-state index in [1.165, 1.54) is 6.92 Å². The fourth-order valence-electron chi connectivity index (χ4n) is 2.03. The molecule has 120 valence electrons. The average molecular weight is 331 g/mol. The summed E-state index contributed by atoms with van der Waals surface area (Å²) in [4.78, 5) is 24.1. The van der Waals surface area contributed by atoms with Crippen LogP contribution in [0.4, 0.5) is 5.69 Å². The number of benzene rings is 2. The van der Waals surface area contributed by atoms with Crippen LogP contribution in [0.2, 0.25) is 0 Å². The molecule has 0 aliphatic rings. The highest BCUT2D eigenvalue weighted by atomic mass is 32.2. The minimum atomic E-state index is -3.89. The number of para-hydroxylation sites is 1. The predicted octanol–water partition coefficient (Wildman–Crippen LogP) is 2.31. The first-order valence-corrected chi connectivity index (χ1v) is 8.77. The van der Waals surface area contributed by atoms with E-state index < -0.39 is 32.5 Å². The molecule has 1 amide bonds. The highest BCUT2D eigenvalue weighted by molar-refractivity contribution is 7.93. The first kappa shape index (κ1) is 16.9. The van der Waals surface area contributed by atoms with Gasteiger partial charge in [0, 0.05) is 11.3 Å². The molecule has 0 heterocycles. The maximum atomic E-state index is 12.3. The molecule has 2 aromatic carbocycles. The predicted molar refractivity (Wildman–Crippen MR) is 89.1 cm³/mol. The third-order valence-electron chi connectivity index (χ3n) is 3.36. The molecule has 0 aliphatic carbocycles. The van der Waals surface area contributed by atoms with E-state index in [4.69, 9.17) is 0 Å². The van der Waals surface area contributed by atoms with Gasteiger partial charge < -0.3 is 5.32 Å². The van der Waals surface area contributed by atoms with Crippen LogP contribution in [0, 0.1) is 0 Å². The Morgan fingerprint density at radius 3 is 2.04 bits per heavy atom. The zero-order chi connectivity index (χ0) is 16.9. The lowest BCUT2D eigenvalue weighted by molar-refractivity contribution is -0.113. The van der Waals surface area contributed by atoms with E-state index in [1.54, 1.807) is 60.7 Å². The SMILES string of the molecule is CC(C(=O)c1ccccc1)S(=O)(=O)CC(=O)Nc1ccccc1. The van der Waals surface area contributed by atoms with Crippen molar-refractivity contribution in [3.63, 3.8) is 0 Å². The number of Topliss-reactive ketones (excluding diaryl/α,β-unsaturated/α-hetero) is 1. The summed E-state index contributed by atoms with van der Waals surface area (Å²) in [6.45, 7) is 1.31. The number of hydrogen-bond donors (Lipinski definition) is 1. The highest BCUT2D eigenvalue weighted by Gasteiger charge is 2.30. The number of anilines is 1. The molecule has 0 saturated heterocycles. The number of amides is 1. The maximum absolute atomic E-state index is 12.3. The molecule has 0 radical (unpaired) electrons. The van der Waals surface area contributed by atoms with Gasteiger partial charge in [0.15, 0.2) is 15.6 Å². The van der Waals surface area contributed by atoms with Crippen molar-refractivity contribution in [2.24, 2.45) is 0 Å². The number of sulfone groups is 1. The molecule has 2 rings (SSSR count). The van der Waals surface area contributed by atoms with E-state index in [9.17, 15) is 18.0 Å². The summed E-state index contributed by atoms with van der Waals surface area (Å²) >= 11 is 0. The second-order valence-corrected chi connectivity index (χ2v) is 7.42. The zero-order valence-electron chi connectivity index (χ0n) is 12.6. The van der Waals surface area contributed by atoms with Crippen molar-refractivity contribution in [1.82, 2.24) is 0 Å². The average Bonchev–Trinajstić information content (AvgIpc) is 2.54. The molecule has 0 fully saturated rings. The van der Waals surface area contributed by atoms with Gasteiger partial charge in [-0.05, 0) is 19.1 Å². The topological polar surface area (TPSA) is 80.3 Å². The number of rotatable bonds is 6. The molecule has 23 heavy (non-hydrogen) atoms. The van der Waals surface area contributed by atoms with Crippen LogP contribution in [0.25, 0.3) is 0 Å². The smallest absolute Gasteiger partial charge is 0.239 e. The van der Waals surface area contributed by atoms with E-state index in [0.29, 0.717) is 11.3 Å². The fraction of sp³-hybridized carbons (Fsp3) is 0.176. The van der Waals surface area contributed by atoms with Gasteiger partial charge in [0.25, 0.3) is 0 Å². The van der Waals surface area contributed by atoms with Crippen LogP contribution < -0.4 is 5.32 Å². The van der Waals surface area contributed by atoms with Crippen LogP contribution in [-0.4, -0.2) is 31.1 Å². The van der Waals surface area contributed by atoms with Crippen molar-refractivity contribution >= 4 is 27.2 Å². The summed E-state index contributed by atoms with van der Waals surface area (Å²) in [5.41, 5.74) is 0.821. The summed E-state index contributed by atoms with van der Waals surface area (Å²) in [7, 11) is -3.89. The Hall–Kier alpha value is -2.47. The molecule has 0 spiro atoms. The molecule has 1 unspecified atom stereocenters. The first-order chi connectivity index (χ1) is 10.9. The van der Waals surface area contributed by atoms with E-state index >= 15 is 0 Å². The Kier molecular flexibility index (Phi) is 5.28. The lowest BCUT2D eigenvalue weighted by Gasteiger charge is -2.12. The van der Waals surface area contributed by atoms with Crippen LogP contribution in [0.1, 0.15) is 17.3 Å². The molecule has 0 aromatic heterocycles. The Labute approximate surface area is 135 Å². The van der Waals surface area contributed by atoms with E-state index in [2.05, 4.69) is 5.32 Å². The van der Waals surface area contributed by atoms with Gasteiger partial charge in [0.1, 0.15) is 11.0 Å². The summed E-state index contributed by atoms with van der Waals surface area (Å²) in [6, 6.07) is 16.7. The number of ketones is 1. The molecule has 1 atom stereocenters. The van der Waals surface area contributed by atoms with Crippen LogP contribution in [-0.2, 0) is 14.6 Å². The number of carbonyl (C=O) groups excluding carboxylic acids is 2. The third kappa shape index (κ3) is 4.50. The van der Waals surface area contributed by atoms with Gasteiger partial charge in [-0.2, -0.15) is 0 Å². The van der Waals surface area contributed by atoms with Gasteiger partial charge in [0.05, 0.1) is 0 Å². The molecule has 6 heteroatoms. The van der Waals surface area contributed by atoms with Gasteiger partial charge in [-0.25, -0.2) is 8.42 Å². The third-order valence-corrected chi connectivity index (χ3v) is 5.31. The largest absolute Gasteiger partial charge is 0.325 e. The van der Waals surface area contributed by atoms with Crippen LogP contribution in [0.15, 0.2) is 60.7 Å². The van der Waals surface area contributed by atoms with Crippen LogP contribution in [0.5, 0.6) is 0 Å². The van der Waals surface area contributed by atoms with Crippen molar-refractivity contribution in [3.8, 4) is 0 Å². The van der Waals surface area contributed by atoms with Gasteiger partial charge in [-0.1, -0.05) is 48.5 Å². The lowest BCUT2D eigenvalue weighted by atomic mass is 10.1. The van der Waals surface area contributed by atoms with E-state index in [0.717, 1.165) is 0 Å². The van der Waals surface area contributed by atoms with E-state index in [1.807, 2.05) is 0 Å². The van der Waals surface area contributed by atoms with Gasteiger partial charge in [0.2, 0.25) is 5.91 Å². The Bertz CT molecular complexity index is 786. The van der Waals surface area contributed by atoms with Gasteiger partial charge in [-0.15, -0.1) is 0 Å². The minimum absolute atomic E-state index is 0.312. The molecular weight excluding hydrogens is 314 g/mol. The molecule has 2 aromatic rings. The van der Waals surface area contributed by atoms with Crippen LogP contribution >= 0.6 is 0 Å². The van der Waals surface area contributed by atoms with Crippen molar-refractivity contribution in [3.05, 3.63) is 66.2 Å². The Morgan fingerprint density at radius 1 is 0.957 bits per heavy atom. The lowest BCUT2D eigenvalue weighted by Crippen LogP contribution is -2.34. The van der Waals surface area contributed by atoms with Crippen LogP contribution in [0.3, 0.4) is 0 Å². The van der Waals surface area contributed by atoms with Crippen molar-refractivity contribution in [1.29, 1.82) is 0 Å². The summed E-state index contributed by atoms with van der Waals surface area (Å²) in [5.74, 6) is -1.91. The molecule has 5 nitrogen and oxygen atoms in total. The summed E-state index contributed by atoms with van der Waals surface area (Å²) in [6.07, 6.45) is 0. The second kappa shape index (κ2) is 7.19. The fourth-order valence-corrected chi connectivity index (χ4v) is 3.18. The molecular formula is C17H17NO4S. The van der Waals surface area contributed by atoms with Gasteiger partial charge >= 0.3 is 0 Å². The monoisotopic (exact) mass is 331 g/mol. The molecule has 0 bridgehead atoms.